The molecule has 12 rings (SSSR count). The molecule has 0 bridgehead atoms. The Morgan fingerprint density at radius 3 is 1.19 bits per heavy atom. The molecular weight excluding hydrogens is 993 g/mol. The van der Waals surface area contributed by atoms with E-state index in [4.69, 9.17) is 6.42 Å². The van der Waals surface area contributed by atoms with Gasteiger partial charge in [0.25, 0.3) is 16.7 Å². The van der Waals surface area contributed by atoms with E-state index < -0.39 is 0 Å². The number of aryl methyl sites for hydroxylation is 3. The molecule has 0 saturated carbocycles. The van der Waals surface area contributed by atoms with Crippen LogP contribution < -0.4 is 16.7 Å². The summed E-state index contributed by atoms with van der Waals surface area (Å²) in [5, 5.41) is 0. The van der Waals surface area contributed by atoms with Crippen LogP contribution in [0.25, 0.3) is 33.1 Å². The van der Waals surface area contributed by atoms with Crippen molar-refractivity contribution in [1.82, 2.24) is 58.6 Å². The number of rotatable bonds is 0. The SMILES string of the molecule is C.C#Cc1ccccn1.O=c1c2ncc(Br)cc2nc2n1CCCCC2.O=c1c2ncc(C#Cc3ccccn3)cc2nc2n1CCCCC2.O=c1c2ncc(C#Cc3ccccn3)cc2nc2n1CCCCC2. The van der Waals surface area contributed by atoms with Crippen LogP contribution in [0.2, 0.25) is 0 Å². The first kappa shape index (κ1) is 51.8. The predicted molar refractivity (Wildman–Crippen MR) is 291 cm³/mol. The van der Waals surface area contributed by atoms with Gasteiger partial charge in [0.05, 0.1) is 16.6 Å². The van der Waals surface area contributed by atoms with Crippen LogP contribution in [0.4, 0.5) is 0 Å². The molecule has 0 saturated heterocycles. The second kappa shape index (κ2) is 25.2. The summed E-state index contributed by atoms with van der Waals surface area (Å²) in [6.07, 6.45) is 27.4. The van der Waals surface area contributed by atoms with Crippen LogP contribution in [0.1, 0.15) is 111 Å². The first-order valence-corrected chi connectivity index (χ1v) is 25.2. The molecule has 0 radical (unpaired) electrons. The molecule has 0 N–H and O–H groups in total. The molecule has 3 aliphatic heterocycles. The summed E-state index contributed by atoms with van der Waals surface area (Å²) >= 11 is 3.36. The third-order valence-corrected chi connectivity index (χ3v) is 12.7. The van der Waals surface area contributed by atoms with E-state index in [9.17, 15) is 14.4 Å². The van der Waals surface area contributed by atoms with Crippen LogP contribution in [0.3, 0.4) is 0 Å². The minimum absolute atomic E-state index is 0. The lowest BCUT2D eigenvalue weighted by Gasteiger charge is -2.09. The third-order valence-electron chi connectivity index (χ3n) is 12.3. The molecule has 0 amide bonds. The number of halogens is 1. The number of fused-ring (bicyclic) bond motifs is 6. The Bertz CT molecular complexity index is 3630. The third kappa shape index (κ3) is 12.9. The molecule has 3 aliphatic rings. The molecular formula is C58H53BrN12O3. The smallest absolute Gasteiger partial charge is 0.280 e. The van der Waals surface area contributed by atoms with Gasteiger partial charge < -0.3 is 0 Å². The normalized spacial score (nSPS) is 13.3. The molecule has 0 unspecified atom stereocenters. The summed E-state index contributed by atoms with van der Waals surface area (Å²) in [7, 11) is 0. The Kier molecular flexibility index (Phi) is 17.7. The fraction of sp³-hybridized carbons (Fsp3) is 0.276. The van der Waals surface area contributed by atoms with Crippen molar-refractivity contribution in [3.63, 3.8) is 0 Å². The molecule has 0 aromatic carbocycles. The van der Waals surface area contributed by atoms with Gasteiger partial charge in [-0.2, -0.15) is 0 Å². The molecule has 370 valence electrons. The Labute approximate surface area is 436 Å². The highest BCUT2D eigenvalue weighted by atomic mass is 79.9. The quantitative estimate of drug-likeness (QED) is 0.132. The van der Waals surface area contributed by atoms with Gasteiger partial charge in [-0.1, -0.05) is 62.6 Å². The highest BCUT2D eigenvalue weighted by molar-refractivity contribution is 9.10. The van der Waals surface area contributed by atoms with Gasteiger partial charge in [0.1, 0.15) is 34.6 Å². The topological polar surface area (TPSA) is 182 Å². The van der Waals surface area contributed by atoms with Crippen molar-refractivity contribution in [3.8, 4) is 36.0 Å². The van der Waals surface area contributed by atoms with E-state index in [2.05, 4.69) is 90.4 Å². The van der Waals surface area contributed by atoms with Gasteiger partial charge in [0, 0.05) is 91.7 Å². The summed E-state index contributed by atoms with van der Waals surface area (Å²) < 4.78 is 6.20. The van der Waals surface area contributed by atoms with E-state index in [0.29, 0.717) is 50.2 Å². The molecule has 9 aromatic rings. The van der Waals surface area contributed by atoms with Gasteiger partial charge in [0.2, 0.25) is 0 Å². The zero-order valence-corrected chi connectivity index (χ0v) is 41.6. The molecule has 16 heteroatoms. The highest BCUT2D eigenvalue weighted by Crippen LogP contribution is 2.19. The fourth-order valence-electron chi connectivity index (χ4n) is 8.60. The lowest BCUT2D eigenvalue weighted by molar-refractivity contribution is 0.613. The van der Waals surface area contributed by atoms with Gasteiger partial charge in [-0.3, -0.25) is 28.1 Å². The predicted octanol–water partition coefficient (Wildman–Crippen LogP) is 8.60. The van der Waals surface area contributed by atoms with Crippen LogP contribution in [0.5, 0.6) is 0 Å². The molecule has 15 nitrogen and oxygen atoms in total. The second-order valence-corrected chi connectivity index (χ2v) is 18.3. The Morgan fingerprint density at radius 1 is 0.446 bits per heavy atom. The van der Waals surface area contributed by atoms with Crippen LogP contribution >= 0.6 is 15.9 Å². The average molecular weight is 1050 g/mol. The van der Waals surface area contributed by atoms with Gasteiger partial charge in [-0.05, 0) is 121 Å². The lowest BCUT2D eigenvalue weighted by atomic mass is 10.2. The fourth-order valence-corrected chi connectivity index (χ4v) is 8.92. The van der Waals surface area contributed by atoms with Gasteiger partial charge >= 0.3 is 0 Å². The zero-order valence-electron chi connectivity index (χ0n) is 40.0. The van der Waals surface area contributed by atoms with Crippen molar-refractivity contribution in [2.45, 2.75) is 104 Å². The minimum atomic E-state index is -0.0406. The second-order valence-electron chi connectivity index (χ2n) is 17.4. The van der Waals surface area contributed by atoms with Gasteiger partial charge in [0.15, 0.2) is 16.6 Å². The van der Waals surface area contributed by atoms with Crippen molar-refractivity contribution < 1.29 is 0 Å². The van der Waals surface area contributed by atoms with E-state index in [1.165, 1.54) is 0 Å². The van der Waals surface area contributed by atoms with Crippen molar-refractivity contribution in [3.05, 3.63) is 191 Å². The zero-order chi connectivity index (χ0) is 50.4. The number of hydrogen-bond donors (Lipinski definition) is 0. The average Bonchev–Trinajstić information content (AvgIpc) is 3.94. The first-order chi connectivity index (χ1) is 35.8. The van der Waals surface area contributed by atoms with E-state index in [1.54, 1.807) is 56.9 Å². The summed E-state index contributed by atoms with van der Waals surface area (Å²) in [5.74, 6) is 17.1. The molecule has 74 heavy (non-hydrogen) atoms. The van der Waals surface area contributed by atoms with Crippen molar-refractivity contribution >= 4 is 49.0 Å². The molecule has 0 spiro atoms. The maximum Gasteiger partial charge on any atom is 0.280 e. The Balaban J connectivity index is 0.000000138. The van der Waals surface area contributed by atoms with Crippen LogP contribution in [0.15, 0.2) is 129 Å². The largest absolute Gasteiger partial charge is 0.295 e. The van der Waals surface area contributed by atoms with Crippen LogP contribution in [0, 0.1) is 36.0 Å². The summed E-state index contributed by atoms with van der Waals surface area (Å²) in [6.45, 7) is 2.24. The highest BCUT2D eigenvalue weighted by Gasteiger charge is 2.17. The van der Waals surface area contributed by atoms with Crippen molar-refractivity contribution in [1.29, 1.82) is 0 Å². The van der Waals surface area contributed by atoms with E-state index >= 15 is 0 Å². The minimum Gasteiger partial charge on any atom is -0.295 e. The van der Waals surface area contributed by atoms with Gasteiger partial charge in [-0.15, -0.1) is 6.42 Å². The van der Waals surface area contributed by atoms with Crippen LogP contribution in [-0.4, -0.2) is 58.6 Å². The summed E-state index contributed by atoms with van der Waals surface area (Å²) in [4.78, 5) is 76.5. The van der Waals surface area contributed by atoms with Gasteiger partial charge in [-0.25, -0.2) is 44.9 Å². The Morgan fingerprint density at radius 2 is 0.824 bits per heavy atom. The molecule has 0 fully saturated rings. The van der Waals surface area contributed by atoms with E-state index in [-0.39, 0.29) is 24.1 Å². The van der Waals surface area contributed by atoms with Crippen molar-refractivity contribution in [2.75, 3.05) is 0 Å². The number of nitrogens with zero attached hydrogens (tertiary/aromatic N) is 12. The summed E-state index contributed by atoms with van der Waals surface area (Å²) in [5.41, 5.74) is 6.73. The van der Waals surface area contributed by atoms with Crippen molar-refractivity contribution in [2.24, 2.45) is 0 Å². The maximum absolute atomic E-state index is 12.6. The number of terminal acetylenes is 1. The Hall–Kier alpha value is -8.52. The van der Waals surface area contributed by atoms with E-state index in [0.717, 1.165) is 130 Å². The number of hydrogen-bond acceptors (Lipinski definition) is 12. The standard InChI is InChI=1S/2C19H16N4O.C12H12BrN3O.C7H5N.CH4/c2*24-19-18-16(22-17-7-2-1-5-11-23(17)19)12-14(13-21-18)8-9-15-6-3-4-10-20-15;13-8-6-9-11(14-7-8)12(17)16-5-3-1-2-4-10(16)15-9;1-2-7-5-3-4-6-8-7;/h2*3-4,6,10,12-13H,1-2,5,7,11H2;6-7H,1-5H2;1,3-6H;1H4. The molecule has 9 aromatic heterocycles. The number of pyridine rings is 6. The molecule has 0 aliphatic carbocycles. The lowest BCUT2D eigenvalue weighted by Crippen LogP contribution is -2.25. The number of aromatic nitrogens is 12. The monoisotopic (exact) mass is 1040 g/mol. The van der Waals surface area contributed by atoms with Crippen LogP contribution in [-0.2, 0) is 38.9 Å². The summed E-state index contributed by atoms with van der Waals surface area (Å²) in [6, 6.07) is 22.2. The molecule has 12 heterocycles. The maximum atomic E-state index is 12.6. The molecule has 0 atom stereocenters. The van der Waals surface area contributed by atoms with E-state index in [1.807, 2.05) is 66.7 Å². The first-order valence-electron chi connectivity index (χ1n) is 24.4.